The molecule has 25 heavy (non-hydrogen) atoms. The van der Waals surface area contributed by atoms with Gasteiger partial charge in [0, 0.05) is 23.0 Å². The van der Waals surface area contributed by atoms with E-state index in [1.54, 1.807) is 0 Å². The number of carbonyl (C=O) groups excluding carboxylic acids is 1. The lowest BCUT2D eigenvalue weighted by Crippen LogP contribution is -2.20. The van der Waals surface area contributed by atoms with E-state index in [1.807, 2.05) is 0 Å². The van der Waals surface area contributed by atoms with Crippen LogP contribution in [0, 0.1) is 5.82 Å². The minimum absolute atomic E-state index is 0.0870. The van der Waals surface area contributed by atoms with Crippen molar-refractivity contribution < 1.29 is 27.1 Å². The second kappa shape index (κ2) is 7.62. The summed E-state index contributed by atoms with van der Waals surface area (Å²) in [6.45, 7) is 0. The highest BCUT2D eigenvalue weighted by Crippen LogP contribution is 2.29. The molecular weight excluding hydrogens is 377 g/mol. The molecule has 1 heterocycles. The van der Waals surface area contributed by atoms with Gasteiger partial charge in [0.05, 0.1) is 20.0 Å². The number of methoxy groups -OCH3 is 2. The first-order valence-electron chi connectivity index (χ1n) is 6.69. The monoisotopic (exact) mass is 389 g/mol. The first-order valence-corrected chi connectivity index (χ1v) is 8.72. The number of esters is 1. The predicted molar refractivity (Wildman–Crippen MR) is 87.6 cm³/mol. The summed E-state index contributed by atoms with van der Waals surface area (Å²) in [6, 6.07) is 2.59. The van der Waals surface area contributed by atoms with Crippen molar-refractivity contribution in [3.05, 3.63) is 46.6 Å². The van der Waals surface area contributed by atoms with Crippen LogP contribution in [0.15, 0.2) is 24.5 Å². The molecule has 134 valence electrons. The number of aromatic nitrogens is 2. The van der Waals surface area contributed by atoms with Crippen LogP contribution in [0.4, 0.5) is 10.2 Å². The van der Waals surface area contributed by atoms with Crippen LogP contribution in [-0.4, -0.2) is 38.6 Å². The lowest BCUT2D eigenvalue weighted by molar-refractivity contribution is 0.0595. The molecule has 0 saturated carbocycles. The molecule has 0 aliphatic carbocycles. The number of nitrogens with one attached hydrogen (secondary N) is 1. The standard InChI is InChI=1S/C14H13ClFN3O5S/c1-23-10-4-3-9(15)8(11(10)16)7-25(21,22)19-13-12(14(20)24-2)17-5-6-18-13/h3-6H,7H2,1-2H3,(H,18,19). The topological polar surface area (TPSA) is 107 Å². The van der Waals surface area contributed by atoms with E-state index in [9.17, 15) is 17.6 Å². The van der Waals surface area contributed by atoms with Gasteiger partial charge in [0.2, 0.25) is 10.0 Å². The summed E-state index contributed by atoms with van der Waals surface area (Å²) >= 11 is 5.88. The Morgan fingerprint density at radius 2 is 1.96 bits per heavy atom. The van der Waals surface area contributed by atoms with Crippen molar-refractivity contribution in [3.63, 3.8) is 0 Å². The zero-order valence-electron chi connectivity index (χ0n) is 13.1. The smallest absolute Gasteiger partial charge is 0.360 e. The Morgan fingerprint density at radius 3 is 2.60 bits per heavy atom. The molecule has 0 atom stereocenters. The molecule has 0 aliphatic heterocycles. The van der Waals surface area contributed by atoms with Gasteiger partial charge in [-0.25, -0.2) is 27.6 Å². The average molecular weight is 390 g/mol. The van der Waals surface area contributed by atoms with E-state index in [0.717, 1.165) is 7.11 Å². The lowest BCUT2D eigenvalue weighted by Gasteiger charge is -2.12. The van der Waals surface area contributed by atoms with Gasteiger partial charge in [-0.1, -0.05) is 11.6 Å². The third-order valence-electron chi connectivity index (χ3n) is 3.03. The summed E-state index contributed by atoms with van der Waals surface area (Å²) in [4.78, 5) is 19.1. The van der Waals surface area contributed by atoms with Gasteiger partial charge in [-0.15, -0.1) is 0 Å². The highest BCUT2D eigenvalue weighted by atomic mass is 35.5. The van der Waals surface area contributed by atoms with Gasteiger partial charge in [-0.2, -0.15) is 0 Å². The second-order valence-corrected chi connectivity index (χ2v) is 6.78. The summed E-state index contributed by atoms with van der Waals surface area (Å²) in [5.41, 5.74) is -0.609. The molecule has 0 aliphatic rings. The minimum atomic E-state index is -4.16. The maximum absolute atomic E-state index is 14.3. The molecule has 1 aromatic heterocycles. The summed E-state index contributed by atoms with van der Waals surface area (Å²) in [6.07, 6.45) is 2.38. The quantitative estimate of drug-likeness (QED) is 0.753. The number of carbonyl (C=O) groups is 1. The van der Waals surface area contributed by atoms with E-state index in [2.05, 4.69) is 19.4 Å². The Balaban J connectivity index is 2.35. The Morgan fingerprint density at radius 1 is 1.28 bits per heavy atom. The van der Waals surface area contributed by atoms with Crippen LogP contribution in [0.1, 0.15) is 16.1 Å². The number of halogens is 2. The summed E-state index contributed by atoms with van der Waals surface area (Å²) in [7, 11) is -1.81. The lowest BCUT2D eigenvalue weighted by atomic mass is 10.2. The van der Waals surface area contributed by atoms with Crippen LogP contribution in [0.5, 0.6) is 5.75 Å². The van der Waals surface area contributed by atoms with Crippen LogP contribution in [-0.2, 0) is 20.5 Å². The van der Waals surface area contributed by atoms with Crippen molar-refractivity contribution in [1.82, 2.24) is 9.97 Å². The molecule has 0 bridgehead atoms. The Labute approximate surface area is 148 Å². The SMILES string of the molecule is COC(=O)c1nccnc1NS(=O)(=O)Cc1c(Cl)ccc(OC)c1F. The molecule has 0 amide bonds. The molecule has 2 aromatic rings. The zero-order chi connectivity index (χ0) is 18.6. The normalized spacial score (nSPS) is 11.0. The molecule has 11 heteroatoms. The van der Waals surface area contributed by atoms with Gasteiger partial charge in [-0.05, 0) is 12.1 Å². The summed E-state index contributed by atoms with van der Waals surface area (Å²) in [5.74, 6) is -3.06. The van der Waals surface area contributed by atoms with Crippen LogP contribution in [0.25, 0.3) is 0 Å². The largest absolute Gasteiger partial charge is 0.494 e. The first kappa shape index (κ1) is 18.9. The maximum atomic E-state index is 14.3. The molecule has 0 fully saturated rings. The molecule has 1 N–H and O–H groups in total. The number of nitrogens with zero attached hydrogens (tertiary/aromatic N) is 2. The van der Waals surface area contributed by atoms with Gasteiger partial charge in [0.15, 0.2) is 23.1 Å². The van der Waals surface area contributed by atoms with Gasteiger partial charge < -0.3 is 9.47 Å². The average Bonchev–Trinajstić information content (AvgIpc) is 2.58. The van der Waals surface area contributed by atoms with Crippen molar-refractivity contribution in [1.29, 1.82) is 0 Å². The number of hydrogen-bond acceptors (Lipinski definition) is 7. The van der Waals surface area contributed by atoms with Crippen molar-refractivity contribution in [2.45, 2.75) is 5.75 Å². The zero-order valence-corrected chi connectivity index (χ0v) is 14.7. The Bertz CT molecular complexity index is 907. The van der Waals surface area contributed by atoms with E-state index < -0.39 is 27.6 Å². The van der Waals surface area contributed by atoms with Gasteiger partial charge in [0.1, 0.15) is 0 Å². The summed E-state index contributed by atoms with van der Waals surface area (Å²) < 4.78 is 50.3. The van der Waals surface area contributed by atoms with Gasteiger partial charge in [-0.3, -0.25) is 4.72 Å². The van der Waals surface area contributed by atoms with E-state index in [-0.39, 0.29) is 27.8 Å². The van der Waals surface area contributed by atoms with Gasteiger partial charge >= 0.3 is 5.97 Å². The highest BCUT2D eigenvalue weighted by Gasteiger charge is 2.23. The minimum Gasteiger partial charge on any atom is -0.494 e. The molecule has 0 saturated heterocycles. The van der Waals surface area contributed by atoms with Gasteiger partial charge in [0.25, 0.3) is 0 Å². The third kappa shape index (κ3) is 4.34. The number of anilines is 1. The molecule has 0 unspecified atom stereocenters. The fraction of sp³-hybridized carbons (Fsp3) is 0.214. The molecule has 1 aromatic carbocycles. The number of sulfonamides is 1. The van der Waals surface area contributed by atoms with Crippen LogP contribution in [0.3, 0.4) is 0 Å². The van der Waals surface area contributed by atoms with Crippen molar-refractivity contribution in [3.8, 4) is 5.75 Å². The van der Waals surface area contributed by atoms with E-state index >= 15 is 0 Å². The van der Waals surface area contributed by atoms with Crippen LogP contribution >= 0.6 is 11.6 Å². The van der Waals surface area contributed by atoms with E-state index in [1.165, 1.54) is 31.6 Å². The fourth-order valence-electron chi connectivity index (χ4n) is 1.90. The van der Waals surface area contributed by atoms with Crippen LogP contribution in [0.2, 0.25) is 5.02 Å². The fourth-order valence-corrected chi connectivity index (χ4v) is 3.37. The highest BCUT2D eigenvalue weighted by molar-refractivity contribution is 7.91. The third-order valence-corrected chi connectivity index (χ3v) is 4.56. The summed E-state index contributed by atoms with van der Waals surface area (Å²) in [5, 5.41) is -0.0870. The molecule has 0 spiro atoms. The van der Waals surface area contributed by atoms with Crippen molar-refractivity contribution >= 4 is 33.4 Å². The Hall–Kier alpha value is -2.46. The number of rotatable bonds is 6. The molecule has 0 radical (unpaired) electrons. The van der Waals surface area contributed by atoms with E-state index in [0.29, 0.717) is 0 Å². The van der Waals surface area contributed by atoms with Crippen LogP contribution < -0.4 is 9.46 Å². The second-order valence-electron chi connectivity index (χ2n) is 4.65. The Kier molecular flexibility index (Phi) is 5.75. The van der Waals surface area contributed by atoms with Crippen molar-refractivity contribution in [2.75, 3.05) is 18.9 Å². The number of benzene rings is 1. The van der Waals surface area contributed by atoms with E-state index in [4.69, 9.17) is 16.3 Å². The molecule has 2 rings (SSSR count). The number of ether oxygens (including phenoxy) is 2. The molecule has 8 nitrogen and oxygen atoms in total. The first-order chi connectivity index (χ1) is 11.8. The van der Waals surface area contributed by atoms with Crippen molar-refractivity contribution in [2.24, 2.45) is 0 Å². The number of hydrogen-bond donors (Lipinski definition) is 1. The molecular formula is C14H13ClFN3O5S. The maximum Gasteiger partial charge on any atom is 0.360 e. The predicted octanol–water partition coefficient (Wildman–Crippen LogP) is 2.01.